The molecule has 1 aromatic rings. The smallest absolute Gasteiger partial charge is 0.401 e. The molecule has 0 atom stereocenters. The Balaban J connectivity index is 2.48. The average molecular weight is 261 g/mol. The van der Waals surface area contributed by atoms with Crippen molar-refractivity contribution in [1.29, 1.82) is 0 Å². The van der Waals surface area contributed by atoms with E-state index >= 15 is 0 Å². The van der Waals surface area contributed by atoms with E-state index in [1.165, 1.54) is 0 Å². The van der Waals surface area contributed by atoms with Crippen LogP contribution in [-0.4, -0.2) is 26.4 Å². The van der Waals surface area contributed by atoms with Gasteiger partial charge in [0.25, 0.3) is 0 Å². The Bertz CT molecular complexity index is 377. The molecule has 0 saturated heterocycles. The van der Waals surface area contributed by atoms with Gasteiger partial charge in [-0.3, -0.25) is 0 Å². The number of hydrogen-bond donors (Lipinski definition) is 1. The van der Waals surface area contributed by atoms with Crippen molar-refractivity contribution >= 4 is 0 Å². The first-order valence-corrected chi connectivity index (χ1v) is 5.89. The zero-order chi connectivity index (χ0) is 13.6. The number of hydrogen-bond acceptors (Lipinski definition) is 2. The van der Waals surface area contributed by atoms with Crippen LogP contribution >= 0.6 is 0 Å². The second-order valence-corrected chi connectivity index (χ2v) is 4.04. The average Bonchev–Trinajstić information content (AvgIpc) is 2.33. The fraction of sp³-hybridized carbons (Fsp3) is 0.538. The van der Waals surface area contributed by atoms with Gasteiger partial charge in [-0.2, -0.15) is 13.2 Å². The van der Waals surface area contributed by atoms with Gasteiger partial charge in [-0.1, -0.05) is 19.1 Å². The summed E-state index contributed by atoms with van der Waals surface area (Å²) in [6.07, 6.45) is -2.73. The lowest BCUT2D eigenvalue weighted by Gasteiger charge is -2.10. The standard InChI is InChI=1S/C13H18F3NO/c1-3-11-8-10(4-5-12(11)18-2)6-7-17-9-13(14,15)16/h4-5,8,17H,3,6-7,9H2,1-2H3. The summed E-state index contributed by atoms with van der Waals surface area (Å²) in [6, 6.07) is 5.72. The highest BCUT2D eigenvalue weighted by Crippen LogP contribution is 2.20. The van der Waals surface area contributed by atoms with Crippen molar-refractivity contribution in [1.82, 2.24) is 5.32 Å². The molecule has 0 aliphatic rings. The highest BCUT2D eigenvalue weighted by molar-refractivity contribution is 5.37. The third-order valence-electron chi connectivity index (χ3n) is 2.64. The van der Waals surface area contributed by atoms with Crippen LogP contribution in [0.4, 0.5) is 13.2 Å². The van der Waals surface area contributed by atoms with Crippen molar-refractivity contribution in [2.24, 2.45) is 0 Å². The van der Waals surface area contributed by atoms with Crippen LogP contribution in [0.25, 0.3) is 0 Å². The van der Waals surface area contributed by atoms with E-state index in [4.69, 9.17) is 4.74 Å². The maximum absolute atomic E-state index is 11.9. The molecule has 1 N–H and O–H groups in total. The van der Waals surface area contributed by atoms with Crippen LogP contribution in [-0.2, 0) is 12.8 Å². The molecule has 0 radical (unpaired) electrons. The van der Waals surface area contributed by atoms with Crippen molar-refractivity contribution in [2.75, 3.05) is 20.2 Å². The van der Waals surface area contributed by atoms with Gasteiger partial charge in [0.05, 0.1) is 13.7 Å². The summed E-state index contributed by atoms with van der Waals surface area (Å²) >= 11 is 0. The first-order chi connectivity index (χ1) is 8.46. The fourth-order valence-electron chi connectivity index (χ4n) is 1.73. The Labute approximate surface area is 105 Å². The van der Waals surface area contributed by atoms with Gasteiger partial charge in [0.15, 0.2) is 0 Å². The van der Waals surface area contributed by atoms with Crippen LogP contribution in [0, 0.1) is 0 Å². The largest absolute Gasteiger partial charge is 0.496 e. The molecule has 0 aliphatic carbocycles. The molecule has 0 fully saturated rings. The van der Waals surface area contributed by atoms with Gasteiger partial charge >= 0.3 is 6.18 Å². The predicted octanol–water partition coefficient (Wildman–Crippen LogP) is 2.95. The Hall–Kier alpha value is -1.23. The molecule has 0 aromatic heterocycles. The number of nitrogens with one attached hydrogen (secondary N) is 1. The Kier molecular flexibility index (Phi) is 5.47. The lowest BCUT2D eigenvalue weighted by molar-refractivity contribution is -0.124. The summed E-state index contributed by atoms with van der Waals surface area (Å²) < 4.78 is 41.0. The summed E-state index contributed by atoms with van der Waals surface area (Å²) in [6.45, 7) is 1.39. The number of halogens is 3. The molecule has 5 heteroatoms. The Morgan fingerprint density at radius 1 is 1.28 bits per heavy atom. The zero-order valence-electron chi connectivity index (χ0n) is 10.6. The highest BCUT2D eigenvalue weighted by atomic mass is 19.4. The van der Waals surface area contributed by atoms with Gasteiger partial charge in [-0.15, -0.1) is 0 Å². The molecular weight excluding hydrogens is 243 g/mol. The molecule has 0 saturated carbocycles. The number of methoxy groups -OCH3 is 1. The Morgan fingerprint density at radius 2 is 2.00 bits per heavy atom. The molecule has 1 aromatic carbocycles. The van der Waals surface area contributed by atoms with Crippen LogP contribution in [0.3, 0.4) is 0 Å². The number of rotatable bonds is 6. The van der Waals surface area contributed by atoms with Crippen LogP contribution in [0.2, 0.25) is 0 Å². The SMILES string of the molecule is CCc1cc(CCNCC(F)(F)F)ccc1OC. The van der Waals surface area contributed by atoms with Crippen LogP contribution in [0.1, 0.15) is 18.1 Å². The molecule has 1 rings (SSSR count). The van der Waals surface area contributed by atoms with Crippen molar-refractivity contribution in [3.05, 3.63) is 29.3 Å². The van der Waals surface area contributed by atoms with E-state index in [9.17, 15) is 13.2 Å². The van der Waals surface area contributed by atoms with Crippen LogP contribution in [0.15, 0.2) is 18.2 Å². The minimum Gasteiger partial charge on any atom is -0.496 e. The van der Waals surface area contributed by atoms with Gasteiger partial charge in [-0.25, -0.2) is 0 Å². The maximum Gasteiger partial charge on any atom is 0.401 e. The van der Waals surface area contributed by atoms with Crippen molar-refractivity contribution in [2.45, 2.75) is 25.9 Å². The topological polar surface area (TPSA) is 21.3 Å². The maximum atomic E-state index is 11.9. The second-order valence-electron chi connectivity index (χ2n) is 4.04. The number of alkyl halides is 3. The lowest BCUT2D eigenvalue weighted by atomic mass is 10.1. The van der Waals surface area contributed by atoms with Crippen molar-refractivity contribution < 1.29 is 17.9 Å². The van der Waals surface area contributed by atoms with E-state index < -0.39 is 12.7 Å². The Morgan fingerprint density at radius 3 is 2.56 bits per heavy atom. The molecule has 0 unspecified atom stereocenters. The van der Waals surface area contributed by atoms with Gasteiger partial charge in [0.2, 0.25) is 0 Å². The summed E-state index contributed by atoms with van der Waals surface area (Å²) in [4.78, 5) is 0. The molecule has 0 aliphatic heterocycles. The quantitative estimate of drug-likeness (QED) is 0.795. The molecule has 102 valence electrons. The highest BCUT2D eigenvalue weighted by Gasteiger charge is 2.25. The predicted molar refractivity (Wildman–Crippen MR) is 65.0 cm³/mol. The van der Waals surface area contributed by atoms with E-state index in [1.54, 1.807) is 7.11 Å². The summed E-state index contributed by atoms with van der Waals surface area (Å²) in [7, 11) is 1.61. The molecule has 0 heterocycles. The molecule has 0 amide bonds. The van der Waals surface area contributed by atoms with Crippen LogP contribution < -0.4 is 10.1 Å². The van der Waals surface area contributed by atoms with Crippen molar-refractivity contribution in [3.8, 4) is 5.75 Å². The molecule has 18 heavy (non-hydrogen) atoms. The summed E-state index contributed by atoms with van der Waals surface area (Å²) in [5.74, 6) is 0.824. The molecule has 2 nitrogen and oxygen atoms in total. The summed E-state index contributed by atoms with van der Waals surface area (Å²) in [5.41, 5.74) is 2.09. The molecular formula is C13H18F3NO. The normalized spacial score (nSPS) is 11.6. The number of benzene rings is 1. The molecule has 0 bridgehead atoms. The lowest BCUT2D eigenvalue weighted by Crippen LogP contribution is -2.30. The molecule has 0 spiro atoms. The fourth-order valence-corrected chi connectivity index (χ4v) is 1.73. The van der Waals surface area contributed by atoms with E-state index in [1.807, 2.05) is 25.1 Å². The summed E-state index contributed by atoms with van der Waals surface area (Å²) in [5, 5.41) is 2.38. The minimum absolute atomic E-state index is 0.314. The van der Waals surface area contributed by atoms with E-state index in [0.29, 0.717) is 13.0 Å². The first-order valence-electron chi connectivity index (χ1n) is 5.89. The van der Waals surface area contributed by atoms with E-state index in [0.717, 1.165) is 23.3 Å². The third-order valence-corrected chi connectivity index (χ3v) is 2.64. The van der Waals surface area contributed by atoms with Gasteiger partial charge in [0, 0.05) is 0 Å². The van der Waals surface area contributed by atoms with Gasteiger partial charge in [-0.05, 0) is 36.6 Å². The van der Waals surface area contributed by atoms with E-state index in [-0.39, 0.29) is 0 Å². The first kappa shape index (κ1) is 14.8. The number of ether oxygens (including phenoxy) is 1. The van der Waals surface area contributed by atoms with Gasteiger partial charge < -0.3 is 10.1 Å². The second kappa shape index (κ2) is 6.64. The van der Waals surface area contributed by atoms with Crippen molar-refractivity contribution in [3.63, 3.8) is 0 Å². The monoisotopic (exact) mass is 261 g/mol. The van der Waals surface area contributed by atoms with Crippen LogP contribution in [0.5, 0.6) is 5.75 Å². The van der Waals surface area contributed by atoms with Gasteiger partial charge in [0.1, 0.15) is 5.75 Å². The number of aryl methyl sites for hydroxylation is 1. The van der Waals surface area contributed by atoms with E-state index in [2.05, 4.69) is 5.32 Å². The zero-order valence-corrected chi connectivity index (χ0v) is 10.6. The third kappa shape index (κ3) is 4.96. The minimum atomic E-state index is -4.14.